The van der Waals surface area contributed by atoms with Crippen LogP contribution in [-0.2, 0) is 24.5 Å². The van der Waals surface area contributed by atoms with Gasteiger partial charge >= 0.3 is 21.7 Å². The molecular formula is C19H23ClF3NO5S. The third kappa shape index (κ3) is 6.28. The Balaban J connectivity index is 2.25. The number of halogens is 4. The lowest BCUT2D eigenvalue weighted by Crippen LogP contribution is -2.43. The lowest BCUT2D eigenvalue weighted by atomic mass is 9.71. The predicted octanol–water partition coefficient (Wildman–Crippen LogP) is 5.04. The van der Waals surface area contributed by atoms with Gasteiger partial charge in [0.2, 0.25) is 0 Å². The Hall–Kier alpha value is -1.94. The summed E-state index contributed by atoms with van der Waals surface area (Å²) < 4.78 is 69.8. The maximum atomic E-state index is 12.6. The van der Waals surface area contributed by atoms with Crippen molar-refractivity contribution < 1.29 is 35.3 Å². The Morgan fingerprint density at radius 1 is 1.27 bits per heavy atom. The zero-order valence-electron chi connectivity index (χ0n) is 16.7. The first-order valence-electron chi connectivity index (χ1n) is 9.06. The summed E-state index contributed by atoms with van der Waals surface area (Å²) in [5.74, 6) is -0.290. The van der Waals surface area contributed by atoms with E-state index < -0.39 is 32.7 Å². The Kier molecular flexibility index (Phi) is 7.03. The first-order chi connectivity index (χ1) is 13.6. The number of carbonyl (C=O) groups is 1. The molecule has 1 amide bonds. The first-order valence-corrected chi connectivity index (χ1v) is 10.8. The van der Waals surface area contributed by atoms with Crippen LogP contribution < -0.4 is 5.32 Å². The Morgan fingerprint density at radius 3 is 2.43 bits per heavy atom. The molecule has 1 aromatic rings. The summed E-state index contributed by atoms with van der Waals surface area (Å²) in [6, 6.07) is 6.87. The van der Waals surface area contributed by atoms with Crippen LogP contribution in [0.15, 0.2) is 36.1 Å². The molecule has 1 aromatic carbocycles. The molecule has 0 radical (unpaired) electrons. The molecule has 1 N–H and O–H groups in total. The van der Waals surface area contributed by atoms with Crippen molar-refractivity contribution in [2.75, 3.05) is 6.54 Å². The van der Waals surface area contributed by atoms with Crippen LogP contribution in [-0.4, -0.2) is 32.2 Å². The van der Waals surface area contributed by atoms with Crippen molar-refractivity contribution in [3.05, 3.63) is 46.7 Å². The van der Waals surface area contributed by atoms with Gasteiger partial charge in [-0.05, 0) is 57.4 Å². The maximum absolute atomic E-state index is 12.6. The summed E-state index contributed by atoms with van der Waals surface area (Å²) in [7, 11) is -5.73. The van der Waals surface area contributed by atoms with Crippen LogP contribution in [0.5, 0.6) is 0 Å². The molecule has 0 heterocycles. The van der Waals surface area contributed by atoms with Gasteiger partial charge in [0.1, 0.15) is 11.4 Å². The van der Waals surface area contributed by atoms with Crippen LogP contribution in [0.25, 0.3) is 0 Å². The smallest absolute Gasteiger partial charge is 0.444 e. The third-order valence-electron chi connectivity index (χ3n) is 4.48. The van der Waals surface area contributed by atoms with E-state index in [0.29, 0.717) is 5.02 Å². The molecule has 0 aliphatic heterocycles. The second kappa shape index (κ2) is 8.66. The van der Waals surface area contributed by atoms with Gasteiger partial charge in [0.15, 0.2) is 0 Å². The van der Waals surface area contributed by atoms with E-state index in [1.165, 1.54) is 6.08 Å². The number of carbonyl (C=O) groups excluding carboxylic acids is 1. The van der Waals surface area contributed by atoms with Crippen LogP contribution >= 0.6 is 11.6 Å². The molecule has 2 rings (SSSR count). The molecule has 0 fully saturated rings. The second-order valence-electron chi connectivity index (χ2n) is 8.00. The van der Waals surface area contributed by atoms with Crippen molar-refractivity contribution >= 4 is 27.8 Å². The number of alkyl halides is 3. The molecule has 30 heavy (non-hydrogen) atoms. The fraction of sp³-hybridized carbons (Fsp3) is 0.526. The molecule has 11 heteroatoms. The van der Waals surface area contributed by atoms with Crippen molar-refractivity contribution in [1.82, 2.24) is 5.32 Å². The third-order valence-corrected chi connectivity index (χ3v) is 5.71. The van der Waals surface area contributed by atoms with E-state index in [0.717, 1.165) is 5.56 Å². The monoisotopic (exact) mass is 469 g/mol. The fourth-order valence-electron chi connectivity index (χ4n) is 3.04. The molecule has 0 saturated carbocycles. The zero-order chi connectivity index (χ0) is 22.8. The molecule has 0 spiro atoms. The van der Waals surface area contributed by atoms with E-state index in [1.54, 1.807) is 45.0 Å². The van der Waals surface area contributed by atoms with Gasteiger partial charge in [-0.15, -0.1) is 0 Å². The minimum atomic E-state index is -5.73. The normalized spacial score (nSPS) is 20.3. The SMILES string of the molecule is CC(C)(C)OC(=O)NCC1(c2cccc(Cl)c2)CC=C(OS(=O)(=O)C(F)(F)F)CC1. The van der Waals surface area contributed by atoms with E-state index in [2.05, 4.69) is 9.50 Å². The van der Waals surface area contributed by atoms with Crippen LogP contribution in [0.4, 0.5) is 18.0 Å². The highest BCUT2D eigenvalue weighted by atomic mass is 35.5. The van der Waals surface area contributed by atoms with Crippen LogP contribution in [0, 0.1) is 0 Å². The highest BCUT2D eigenvalue weighted by Gasteiger charge is 2.49. The van der Waals surface area contributed by atoms with Gasteiger partial charge in [0.05, 0.1) is 0 Å². The fourth-order valence-corrected chi connectivity index (χ4v) is 3.76. The van der Waals surface area contributed by atoms with Gasteiger partial charge in [0.25, 0.3) is 0 Å². The van der Waals surface area contributed by atoms with Gasteiger partial charge in [-0.2, -0.15) is 21.6 Å². The highest BCUT2D eigenvalue weighted by molar-refractivity contribution is 7.87. The molecule has 1 aliphatic rings. The Labute approximate surface area is 178 Å². The second-order valence-corrected chi connectivity index (χ2v) is 9.98. The number of hydrogen-bond donors (Lipinski definition) is 1. The van der Waals surface area contributed by atoms with E-state index in [-0.39, 0.29) is 31.6 Å². The molecule has 0 aromatic heterocycles. The number of ether oxygens (including phenoxy) is 1. The summed E-state index contributed by atoms with van der Waals surface area (Å²) in [6.07, 6.45) is 0.936. The van der Waals surface area contributed by atoms with Crippen molar-refractivity contribution in [2.45, 2.75) is 56.6 Å². The molecule has 0 bridgehead atoms. The number of amides is 1. The largest absolute Gasteiger partial charge is 0.534 e. The van der Waals surface area contributed by atoms with Crippen LogP contribution in [0.1, 0.15) is 45.6 Å². The summed E-state index contributed by atoms with van der Waals surface area (Å²) in [6.45, 7) is 5.26. The molecule has 6 nitrogen and oxygen atoms in total. The molecule has 168 valence electrons. The van der Waals surface area contributed by atoms with Gasteiger partial charge in [-0.1, -0.05) is 23.7 Å². The summed E-state index contributed by atoms with van der Waals surface area (Å²) >= 11 is 6.09. The number of rotatable bonds is 5. The number of allylic oxidation sites excluding steroid dienone is 2. The average Bonchev–Trinajstić information content (AvgIpc) is 2.59. The number of nitrogens with one attached hydrogen (secondary N) is 1. The number of alkyl carbamates (subject to hydrolysis) is 1. The lowest BCUT2D eigenvalue weighted by molar-refractivity contribution is -0.0525. The van der Waals surface area contributed by atoms with Crippen LogP contribution in [0.2, 0.25) is 5.02 Å². The predicted molar refractivity (Wildman–Crippen MR) is 105 cm³/mol. The van der Waals surface area contributed by atoms with Crippen molar-refractivity contribution in [2.24, 2.45) is 0 Å². The Bertz CT molecular complexity index is 925. The van der Waals surface area contributed by atoms with Gasteiger partial charge in [-0.3, -0.25) is 0 Å². The minimum absolute atomic E-state index is 0.0716. The summed E-state index contributed by atoms with van der Waals surface area (Å²) in [4.78, 5) is 12.1. The van der Waals surface area contributed by atoms with E-state index in [9.17, 15) is 26.4 Å². The molecule has 0 saturated heterocycles. The van der Waals surface area contributed by atoms with Crippen molar-refractivity contribution in [1.29, 1.82) is 0 Å². The summed E-state index contributed by atoms with van der Waals surface area (Å²) in [5, 5.41) is 3.14. The average molecular weight is 470 g/mol. The van der Waals surface area contributed by atoms with Crippen LogP contribution in [0.3, 0.4) is 0 Å². The summed E-state index contributed by atoms with van der Waals surface area (Å²) in [5.41, 5.74) is -6.18. The van der Waals surface area contributed by atoms with Gasteiger partial charge in [-0.25, -0.2) is 4.79 Å². The Morgan fingerprint density at radius 2 is 1.93 bits per heavy atom. The van der Waals surface area contributed by atoms with Gasteiger partial charge in [0, 0.05) is 23.4 Å². The van der Waals surface area contributed by atoms with E-state index in [1.807, 2.05) is 0 Å². The van der Waals surface area contributed by atoms with E-state index >= 15 is 0 Å². The van der Waals surface area contributed by atoms with Crippen molar-refractivity contribution in [3.63, 3.8) is 0 Å². The minimum Gasteiger partial charge on any atom is -0.444 e. The lowest BCUT2D eigenvalue weighted by Gasteiger charge is -2.37. The molecular weight excluding hydrogens is 447 g/mol. The van der Waals surface area contributed by atoms with Crippen molar-refractivity contribution in [3.8, 4) is 0 Å². The number of benzene rings is 1. The highest BCUT2D eigenvalue weighted by Crippen LogP contribution is 2.40. The van der Waals surface area contributed by atoms with Gasteiger partial charge < -0.3 is 14.2 Å². The maximum Gasteiger partial charge on any atom is 0.534 e. The number of hydrogen-bond acceptors (Lipinski definition) is 5. The molecule has 1 aliphatic carbocycles. The molecule has 1 unspecified atom stereocenters. The quantitative estimate of drug-likeness (QED) is 0.482. The first kappa shape index (κ1) is 24.3. The van der Waals surface area contributed by atoms with E-state index in [4.69, 9.17) is 16.3 Å². The topological polar surface area (TPSA) is 81.7 Å². The zero-order valence-corrected chi connectivity index (χ0v) is 18.2. The standard InChI is InChI=1S/C19H23ClF3NO5S/c1-17(2,3)28-16(25)24-12-18(13-5-4-6-14(20)11-13)9-7-15(8-10-18)29-30(26,27)19(21,22)23/h4-7,11H,8-10,12H2,1-3H3,(H,24,25). The molecule has 1 atom stereocenters.